The Morgan fingerprint density at radius 2 is 2.10 bits per heavy atom. The van der Waals surface area contributed by atoms with E-state index in [4.69, 9.17) is 10.2 Å². The Morgan fingerprint density at radius 3 is 2.62 bits per heavy atom. The predicted molar refractivity (Wildman–Crippen MR) is 81.4 cm³/mol. The minimum Gasteiger partial charge on any atom is -0.465 e. The molecule has 0 fully saturated rings. The Hall–Kier alpha value is -1.53. The Morgan fingerprint density at radius 1 is 1.48 bits per heavy atom. The van der Waals surface area contributed by atoms with Crippen LogP contribution in [0.2, 0.25) is 0 Å². The number of amides is 1. The fraction of sp³-hybridized carbons (Fsp3) is 0.571. The lowest BCUT2D eigenvalue weighted by molar-refractivity contribution is -0.132. The SMILES string of the molecule is CCCC(N)C(=O)N(C)Cc1cc(C(=O)OC)c(C)o1.Cl. The van der Waals surface area contributed by atoms with Crippen molar-refractivity contribution in [3.8, 4) is 0 Å². The first-order chi connectivity index (χ1) is 9.40. The van der Waals surface area contributed by atoms with E-state index in [0.717, 1.165) is 6.42 Å². The molecule has 0 aliphatic rings. The van der Waals surface area contributed by atoms with Gasteiger partial charge in [-0.2, -0.15) is 0 Å². The lowest BCUT2D eigenvalue weighted by Crippen LogP contribution is -2.41. The molecular formula is C14H23ClN2O4. The normalized spacial score (nSPS) is 11.5. The number of furan rings is 1. The van der Waals surface area contributed by atoms with Gasteiger partial charge in [-0.25, -0.2) is 4.79 Å². The summed E-state index contributed by atoms with van der Waals surface area (Å²) in [5, 5.41) is 0. The second kappa shape index (κ2) is 8.69. The van der Waals surface area contributed by atoms with E-state index in [0.29, 0.717) is 23.5 Å². The molecule has 7 heteroatoms. The highest BCUT2D eigenvalue weighted by molar-refractivity contribution is 5.90. The quantitative estimate of drug-likeness (QED) is 0.809. The summed E-state index contributed by atoms with van der Waals surface area (Å²) in [5.41, 5.74) is 6.17. The number of hydrogen-bond acceptors (Lipinski definition) is 5. The van der Waals surface area contributed by atoms with Crippen molar-refractivity contribution in [3.05, 3.63) is 23.2 Å². The summed E-state index contributed by atoms with van der Waals surface area (Å²) in [4.78, 5) is 25.0. The molecule has 0 spiro atoms. The van der Waals surface area contributed by atoms with Gasteiger partial charge in [-0.1, -0.05) is 13.3 Å². The van der Waals surface area contributed by atoms with Crippen molar-refractivity contribution in [1.82, 2.24) is 4.90 Å². The lowest BCUT2D eigenvalue weighted by Gasteiger charge is -2.19. The molecule has 1 rings (SSSR count). The number of hydrogen-bond donors (Lipinski definition) is 1. The van der Waals surface area contributed by atoms with Gasteiger partial charge in [0.05, 0.1) is 19.7 Å². The van der Waals surface area contributed by atoms with Gasteiger partial charge in [-0.3, -0.25) is 4.79 Å². The molecule has 21 heavy (non-hydrogen) atoms. The van der Waals surface area contributed by atoms with E-state index < -0.39 is 12.0 Å². The zero-order chi connectivity index (χ0) is 15.3. The van der Waals surface area contributed by atoms with Gasteiger partial charge in [0.25, 0.3) is 0 Å². The number of methoxy groups -OCH3 is 1. The number of rotatable bonds is 6. The molecule has 0 saturated carbocycles. The molecule has 1 aromatic heterocycles. The van der Waals surface area contributed by atoms with Gasteiger partial charge in [-0.15, -0.1) is 12.4 Å². The van der Waals surface area contributed by atoms with Gasteiger partial charge in [0.1, 0.15) is 17.1 Å². The van der Waals surface area contributed by atoms with Crippen LogP contribution < -0.4 is 5.73 Å². The van der Waals surface area contributed by atoms with Gasteiger partial charge >= 0.3 is 5.97 Å². The third-order valence-corrected chi connectivity index (χ3v) is 3.06. The van der Waals surface area contributed by atoms with Crippen LogP contribution in [0.1, 0.15) is 41.6 Å². The van der Waals surface area contributed by atoms with E-state index in [1.807, 2.05) is 6.92 Å². The number of carbonyl (C=O) groups excluding carboxylic acids is 2. The van der Waals surface area contributed by atoms with Crippen LogP contribution >= 0.6 is 12.4 Å². The topological polar surface area (TPSA) is 85.8 Å². The van der Waals surface area contributed by atoms with E-state index >= 15 is 0 Å². The first-order valence-corrected chi connectivity index (χ1v) is 6.58. The molecule has 0 aliphatic heterocycles. The molecule has 0 radical (unpaired) electrons. The molecule has 1 amide bonds. The summed E-state index contributed by atoms with van der Waals surface area (Å²) >= 11 is 0. The fourth-order valence-corrected chi connectivity index (χ4v) is 1.96. The van der Waals surface area contributed by atoms with Gasteiger partial charge in [0.15, 0.2) is 0 Å². The molecule has 0 aromatic carbocycles. The summed E-state index contributed by atoms with van der Waals surface area (Å²) in [5.74, 6) is 0.419. The minimum atomic E-state index is -0.499. The maximum atomic E-state index is 12.0. The highest BCUT2D eigenvalue weighted by Gasteiger charge is 2.20. The second-order valence-electron chi connectivity index (χ2n) is 4.76. The number of nitrogens with two attached hydrogens (primary N) is 1. The van der Waals surface area contributed by atoms with Gasteiger partial charge in [0.2, 0.25) is 5.91 Å². The van der Waals surface area contributed by atoms with Crippen molar-refractivity contribution in [2.24, 2.45) is 5.73 Å². The first-order valence-electron chi connectivity index (χ1n) is 6.58. The van der Waals surface area contributed by atoms with E-state index in [1.54, 1.807) is 20.0 Å². The first kappa shape index (κ1) is 19.5. The van der Waals surface area contributed by atoms with Gasteiger partial charge < -0.3 is 19.8 Å². The number of likely N-dealkylation sites (N-methyl/N-ethyl adjacent to an activating group) is 1. The maximum Gasteiger partial charge on any atom is 0.341 e. The molecule has 0 saturated heterocycles. The summed E-state index contributed by atoms with van der Waals surface area (Å²) < 4.78 is 10.1. The van der Waals surface area contributed by atoms with Gasteiger partial charge in [-0.05, 0) is 19.4 Å². The second-order valence-corrected chi connectivity index (χ2v) is 4.76. The van der Waals surface area contributed by atoms with Crippen LogP contribution in [0.5, 0.6) is 0 Å². The van der Waals surface area contributed by atoms with Crippen LogP contribution in [0.4, 0.5) is 0 Å². The number of ether oxygens (including phenoxy) is 1. The van der Waals surface area contributed by atoms with E-state index in [2.05, 4.69) is 4.74 Å². The van der Waals surface area contributed by atoms with Crippen molar-refractivity contribution >= 4 is 24.3 Å². The Kier molecular flexibility index (Phi) is 8.06. The van der Waals surface area contributed by atoms with E-state index in [-0.39, 0.29) is 24.9 Å². The largest absolute Gasteiger partial charge is 0.465 e. The van der Waals surface area contributed by atoms with Crippen LogP contribution in [-0.4, -0.2) is 37.0 Å². The van der Waals surface area contributed by atoms with E-state index in [1.165, 1.54) is 12.0 Å². The van der Waals surface area contributed by atoms with Crippen LogP contribution in [0.15, 0.2) is 10.5 Å². The number of aryl methyl sites for hydroxylation is 1. The molecule has 120 valence electrons. The van der Waals surface area contributed by atoms with E-state index in [9.17, 15) is 9.59 Å². The highest BCUT2D eigenvalue weighted by atomic mass is 35.5. The van der Waals surface area contributed by atoms with Crippen molar-refractivity contribution in [2.75, 3.05) is 14.2 Å². The molecule has 2 N–H and O–H groups in total. The molecular weight excluding hydrogens is 296 g/mol. The smallest absolute Gasteiger partial charge is 0.341 e. The van der Waals surface area contributed by atoms with Crippen molar-refractivity contribution in [2.45, 2.75) is 39.3 Å². The molecule has 1 aromatic rings. The molecule has 6 nitrogen and oxygen atoms in total. The average Bonchev–Trinajstić information content (AvgIpc) is 2.77. The monoisotopic (exact) mass is 318 g/mol. The van der Waals surface area contributed by atoms with Crippen LogP contribution in [0.3, 0.4) is 0 Å². The molecule has 1 unspecified atom stereocenters. The fourth-order valence-electron chi connectivity index (χ4n) is 1.96. The van der Waals surface area contributed by atoms with Crippen molar-refractivity contribution in [3.63, 3.8) is 0 Å². The maximum absolute atomic E-state index is 12.0. The summed E-state index contributed by atoms with van der Waals surface area (Å²) in [6, 6.07) is 1.09. The van der Waals surface area contributed by atoms with Crippen molar-refractivity contribution < 1.29 is 18.7 Å². The number of nitrogens with zero attached hydrogens (tertiary/aromatic N) is 1. The lowest BCUT2D eigenvalue weighted by atomic mass is 10.1. The Balaban J connectivity index is 0.00000400. The zero-order valence-corrected chi connectivity index (χ0v) is 13.7. The standard InChI is InChI=1S/C14H22N2O4.ClH/c1-5-6-12(15)13(17)16(3)8-10-7-11(9(2)20-10)14(18)19-4;/h7,12H,5-6,8,15H2,1-4H3;1H. The third kappa shape index (κ3) is 5.06. The molecule has 0 aliphatic carbocycles. The number of carbonyl (C=O) groups is 2. The third-order valence-electron chi connectivity index (χ3n) is 3.06. The summed E-state index contributed by atoms with van der Waals surface area (Å²) in [7, 11) is 2.97. The summed E-state index contributed by atoms with van der Waals surface area (Å²) in [6.45, 7) is 3.93. The molecule has 1 heterocycles. The van der Waals surface area contributed by atoms with Crippen LogP contribution in [0, 0.1) is 6.92 Å². The number of esters is 1. The minimum absolute atomic E-state index is 0. The zero-order valence-electron chi connectivity index (χ0n) is 12.8. The number of halogens is 1. The highest BCUT2D eigenvalue weighted by Crippen LogP contribution is 2.17. The summed E-state index contributed by atoms with van der Waals surface area (Å²) in [6.07, 6.45) is 1.50. The average molecular weight is 319 g/mol. The predicted octanol–water partition coefficient (Wildman–Crippen LogP) is 1.88. The molecule has 1 atom stereocenters. The van der Waals surface area contributed by atoms with Gasteiger partial charge in [0, 0.05) is 7.05 Å². The van der Waals surface area contributed by atoms with Crippen molar-refractivity contribution in [1.29, 1.82) is 0 Å². The molecule has 0 bridgehead atoms. The Labute approximate surface area is 131 Å². The Bertz CT molecular complexity index is 487. The van der Waals surface area contributed by atoms with Crippen LogP contribution in [-0.2, 0) is 16.1 Å². The van der Waals surface area contributed by atoms with Crippen LogP contribution in [0.25, 0.3) is 0 Å².